The minimum Gasteiger partial charge on any atom is -0.478 e. The minimum atomic E-state index is -3.98. The first-order valence-corrected chi connectivity index (χ1v) is 7.38. The molecule has 112 valence electrons. The van der Waals surface area contributed by atoms with Crippen LogP contribution >= 0.6 is 0 Å². The molecule has 0 aliphatic carbocycles. The van der Waals surface area contributed by atoms with Gasteiger partial charge in [0, 0.05) is 13.6 Å². The molecule has 0 aliphatic heterocycles. The van der Waals surface area contributed by atoms with Crippen LogP contribution in [0.3, 0.4) is 0 Å². The molecule has 0 aromatic heterocycles. The second kappa shape index (κ2) is 5.49. The van der Waals surface area contributed by atoms with E-state index in [1.807, 2.05) is 20.8 Å². The van der Waals surface area contributed by atoms with Gasteiger partial charge in [0.25, 0.3) is 0 Å². The monoisotopic (exact) mass is 303 g/mol. The Morgan fingerprint density at radius 2 is 1.90 bits per heavy atom. The lowest BCUT2D eigenvalue weighted by Gasteiger charge is -2.26. The van der Waals surface area contributed by atoms with Gasteiger partial charge in [-0.1, -0.05) is 20.8 Å². The van der Waals surface area contributed by atoms with Crippen molar-refractivity contribution in [2.24, 2.45) is 5.41 Å². The summed E-state index contributed by atoms with van der Waals surface area (Å²) in [5.74, 6) is -2.37. The Kier molecular flexibility index (Phi) is 4.55. The molecule has 0 saturated heterocycles. The topological polar surface area (TPSA) is 74.7 Å². The molecule has 1 aromatic carbocycles. The standard InChI is InChI=1S/C13H18FNO4S/c1-13(2,3)8-15(4)20(18,19)11-6-5-9(12(16)17)7-10(11)14/h5-7H,8H2,1-4H3,(H,16,17). The SMILES string of the molecule is CN(CC(C)(C)C)S(=O)(=O)c1ccc(C(=O)O)cc1F. The molecular weight excluding hydrogens is 285 g/mol. The fourth-order valence-corrected chi connectivity index (χ4v) is 3.20. The summed E-state index contributed by atoms with van der Waals surface area (Å²) >= 11 is 0. The molecule has 0 fully saturated rings. The van der Waals surface area contributed by atoms with Crippen LogP contribution in [0.5, 0.6) is 0 Å². The largest absolute Gasteiger partial charge is 0.478 e. The van der Waals surface area contributed by atoms with Crippen molar-refractivity contribution in [3.63, 3.8) is 0 Å². The third-order valence-corrected chi connectivity index (χ3v) is 4.40. The van der Waals surface area contributed by atoms with Crippen molar-refractivity contribution in [1.82, 2.24) is 4.31 Å². The quantitative estimate of drug-likeness (QED) is 0.925. The van der Waals surface area contributed by atoms with E-state index in [0.29, 0.717) is 6.07 Å². The second-order valence-corrected chi connectivity index (χ2v) is 7.79. The first-order chi connectivity index (χ1) is 8.95. The van der Waals surface area contributed by atoms with E-state index in [-0.39, 0.29) is 17.5 Å². The molecule has 0 unspecified atom stereocenters. The lowest BCUT2D eigenvalue weighted by atomic mass is 9.97. The number of nitrogens with zero attached hydrogens (tertiary/aromatic N) is 1. The van der Waals surface area contributed by atoms with Crippen LogP contribution in [0.1, 0.15) is 31.1 Å². The Morgan fingerprint density at radius 1 is 1.35 bits per heavy atom. The van der Waals surface area contributed by atoms with Gasteiger partial charge in [0.1, 0.15) is 10.7 Å². The Hall–Kier alpha value is -1.47. The van der Waals surface area contributed by atoms with Crippen LogP contribution in [-0.4, -0.2) is 37.4 Å². The van der Waals surface area contributed by atoms with Crippen molar-refractivity contribution >= 4 is 16.0 Å². The summed E-state index contributed by atoms with van der Waals surface area (Å²) in [7, 11) is -2.61. The van der Waals surface area contributed by atoms with E-state index in [2.05, 4.69) is 0 Å². The number of carboxylic acid groups (broad SMARTS) is 1. The van der Waals surface area contributed by atoms with Crippen LogP contribution in [0.25, 0.3) is 0 Å². The van der Waals surface area contributed by atoms with Crippen molar-refractivity contribution in [2.45, 2.75) is 25.7 Å². The zero-order valence-electron chi connectivity index (χ0n) is 11.8. The van der Waals surface area contributed by atoms with E-state index in [1.54, 1.807) is 0 Å². The second-order valence-electron chi connectivity index (χ2n) is 5.77. The number of carbonyl (C=O) groups is 1. The maximum absolute atomic E-state index is 13.8. The number of aromatic carboxylic acids is 1. The van der Waals surface area contributed by atoms with Crippen LogP contribution in [0, 0.1) is 11.2 Å². The van der Waals surface area contributed by atoms with Gasteiger partial charge in [-0.15, -0.1) is 0 Å². The number of hydrogen-bond donors (Lipinski definition) is 1. The molecule has 0 bridgehead atoms. The molecule has 0 amide bonds. The van der Waals surface area contributed by atoms with Gasteiger partial charge < -0.3 is 5.11 Å². The minimum absolute atomic E-state index is 0.218. The lowest BCUT2D eigenvalue weighted by molar-refractivity contribution is 0.0696. The highest BCUT2D eigenvalue weighted by atomic mass is 32.2. The summed E-state index contributed by atoms with van der Waals surface area (Å²) in [6.45, 7) is 5.81. The fraction of sp³-hybridized carbons (Fsp3) is 0.462. The van der Waals surface area contributed by atoms with Crippen molar-refractivity contribution < 1.29 is 22.7 Å². The number of carboxylic acids is 1. The van der Waals surface area contributed by atoms with Gasteiger partial charge >= 0.3 is 5.97 Å². The number of rotatable bonds is 4. The first-order valence-electron chi connectivity index (χ1n) is 5.94. The van der Waals surface area contributed by atoms with Crippen molar-refractivity contribution in [3.8, 4) is 0 Å². The Bertz CT molecular complexity index is 620. The third-order valence-electron chi connectivity index (χ3n) is 2.56. The molecule has 1 N–H and O–H groups in total. The highest BCUT2D eigenvalue weighted by Crippen LogP contribution is 2.23. The summed E-state index contributed by atoms with van der Waals surface area (Å²) in [5, 5.41) is 8.74. The predicted octanol–water partition coefficient (Wildman–Crippen LogP) is 2.19. The van der Waals surface area contributed by atoms with Crippen molar-refractivity contribution in [3.05, 3.63) is 29.6 Å². The maximum atomic E-state index is 13.8. The van der Waals surface area contributed by atoms with E-state index in [4.69, 9.17) is 5.11 Å². The van der Waals surface area contributed by atoms with Gasteiger partial charge in [-0.25, -0.2) is 21.9 Å². The summed E-state index contributed by atoms with van der Waals surface area (Å²) < 4.78 is 39.4. The average molecular weight is 303 g/mol. The summed E-state index contributed by atoms with van der Waals surface area (Å²) in [6.07, 6.45) is 0. The van der Waals surface area contributed by atoms with E-state index >= 15 is 0 Å². The average Bonchev–Trinajstić information content (AvgIpc) is 2.25. The molecule has 1 rings (SSSR count). The Balaban J connectivity index is 3.20. The third kappa shape index (κ3) is 3.77. The van der Waals surface area contributed by atoms with E-state index in [1.165, 1.54) is 7.05 Å². The van der Waals surface area contributed by atoms with Gasteiger partial charge in [-0.05, 0) is 23.6 Å². The van der Waals surface area contributed by atoms with Gasteiger partial charge in [0.2, 0.25) is 10.0 Å². The van der Waals surface area contributed by atoms with Crippen LogP contribution < -0.4 is 0 Å². The molecule has 0 atom stereocenters. The van der Waals surface area contributed by atoms with Gasteiger partial charge in [-0.3, -0.25) is 0 Å². The highest BCUT2D eigenvalue weighted by molar-refractivity contribution is 7.89. The molecule has 0 saturated carbocycles. The number of halogens is 1. The zero-order valence-corrected chi connectivity index (χ0v) is 12.7. The highest BCUT2D eigenvalue weighted by Gasteiger charge is 2.28. The van der Waals surface area contributed by atoms with E-state index < -0.39 is 26.7 Å². The number of hydrogen-bond acceptors (Lipinski definition) is 3. The van der Waals surface area contributed by atoms with Crippen LogP contribution in [0.15, 0.2) is 23.1 Å². The summed E-state index contributed by atoms with van der Waals surface area (Å²) in [4.78, 5) is 10.2. The Morgan fingerprint density at radius 3 is 2.30 bits per heavy atom. The lowest BCUT2D eigenvalue weighted by Crippen LogP contribution is -2.35. The van der Waals surface area contributed by atoms with Crippen LogP contribution in [-0.2, 0) is 10.0 Å². The Labute approximate surface area is 118 Å². The molecule has 20 heavy (non-hydrogen) atoms. The van der Waals surface area contributed by atoms with Crippen LogP contribution in [0.4, 0.5) is 4.39 Å². The van der Waals surface area contributed by atoms with Crippen LogP contribution in [0.2, 0.25) is 0 Å². The van der Waals surface area contributed by atoms with Gasteiger partial charge in [0.15, 0.2) is 0 Å². The summed E-state index contributed by atoms with van der Waals surface area (Å²) in [6, 6.07) is 2.76. The zero-order chi connectivity index (χ0) is 15.7. The molecule has 0 radical (unpaired) electrons. The first kappa shape index (κ1) is 16.6. The molecule has 0 heterocycles. The molecule has 0 aliphatic rings. The van der Waals surface area contributed by atoms with Gasteiger partial charge in [-0.2, -0.15) is 0 Å². The van der Waals surface area contributed by atoms with E-state index in [0.717, 1.165) is 16.4 Å². The summed E-state index contributed by atoms with van der Waals surface area (Å²) in [5.41, 5.74) is -0.570. The normalized spacial score (nSPS) is 12.7. The molecule has 5 nitrogen and oxygen atoms in total. The maximum Gasteiger partial charge on any atom is 0.335 e. The molecular formula is C13H18FNO4S. The van der Waals surface area contributed by atoms with Crippen molar-refractivity contribution in [2.75, 3.05) is 13.6 Å². The smallest absolute Gasteiger partial charge is 0.335 e. The molecule has 7 heteroatoms. The predicted molar refractivity (Wildman–Crippen MR) is 72.6 cm³/mol. The van der Waals surface area contributed by atoms with E-state index in [9.17, 15) is 17.6 Å². The van der Waals surface area contributed by atoms with Gasteiger partial charge in [0.05, 0.1) is 5.56 Å². The van der Waals surface area contributed by atoms with Crippen molar-refractivity contribution in [1.29, 1.82) is 0 Å². The number of benzene rings is 1. The fourth-order valence-electron chi connectivity index (χ4n) is 1.76. The number of sulfonamides is 1. The molecule has 1 aromatic rings. The molecule has 0 spiro atoms.